The molecular formula is C32H36N2O6. The lowest BCUT2D eigenvalue weighted by Gasteiger charge is -2.14. The van der Waals surface area contributed by atoms with Gasteiger partial charge in [-0.05, 0) is 55.3 Å². The van der Waals surface area contributed by atoms with Crippen molar-refractivity contribution in [1.29, 1.82) is 0 Å². The molecule has 8 nitrogen and oxygen atoms in total. The fourth-order valence-corrected chi connectivity index (χ4v) is 4.36. The summed E-state index contributed by atoms with van der Waals surface area (Å²) in [5.74, 6) is 1.61. The van der Waals surface area contributed by atoms with Crippen LogP contribution in [0.1, 0.15) is 71.6 Å². The van der Waals surface area contributed by atoms with Crippen molar-refractivity contribution in [1.82, 2.24) is 9.55 Å². The number of carbonyl (C=O) groups excluding carboxylic acids is 2. The monoisotopic (exact) mass is 544 g/mol. The molecule has 0 bridgehead atoms. The summed E-state index contributed by atoms with van der Waals surface area (Å²) < 4.78 is 24.3. The Hall–Kier alpha value is -4.46. The normalized spacial score (nSPS) is 10.8. The Labute approximate surface area is 234 Å². The van der Waals surface area contributed by atoms with E-state index in [1.807, 2.05) is 0 Å². The number of aromatic amines is 1. The van der Waals surface area contributed by atoms with Crippen molar-refractivity contribution in [2.24, 2.45) is 0 Å². The van der Waals surface area contributed by atoms with Crippen LogP contribution in [0.4, 0.5) is 0 Å². The van der Waals surface area contributed by atoms with Crippen molar-refractivity contribution in [3.8, 4) is 28.7 Å². The number of nitrogens with zero attached hydrogens (tertiary/aromatic N) is 1. The third kappa shape index (κ3) is 6.22. The molecule has 0 radical (unpaired) electrons. The highest BCUT2D eigenvalue weighted by Crippen LogP contribution is 2.31. The summed E-state index contributed by atoms with van der Waals surface area (Å²) in [6.07, 6.45) is 7.36. The van der Waals surface area contributed by atoms with Crippen LogP contribution in [0.2, 0.25) is 0 Å². The molecule has 1 N–H and O–H groups in total. The van der Waals surface area contributed by atoms with Gasteiger partial charge in [-0.1, -0.05) is 26.7 Å². The van der Waals surface area contributed by atoms with Gasteiger partial charge in [0.1, 0.15) is 28.7 Å². The minimum absolute atomic E-state index is 0.243. The highest BCUT2D eigenvalue weighted by molar-refractivity contribution is 6.13. The zero-order valence-corrected chi connectivity index (χ0v) is 23.5. The van der Waals surface area contributed by atoms with Crippen LogP contribution < -0.4 is 18.9 Å². The molecule has 8 heteroatoms. The second-order valence-electron chi connectivity index (χ2n) is 9.29. The molecule has 210 valence electrons. The van der Waals surface area contributed by atoms with E-state index in [0.717, 1.165) is 25.7 Å². The van der Waals surface area contributed by atoms with Crippen molar-refractivity contribution >= 4 is 11.6 Å². The number of ether oxygens (including phenoxy) is 4. The lowest BCUT2D eigenvalue weighted by molar-refractivity contribution is 0.101. The molecule has 2 heterocycles. The number of carbonyl (C=O) groups is 2. The summed E-state index contributed by atoms with van der Waals surface area (Å²) in [6.45, 7) is 5.39. The van der Waals surface area contributed by atoms with Crippen molar-refractivity contribution in [2.75, 3.05) is 27.4 Å². The molecule has 0 spiro atoms. The molecule has 0 aliphatic heterocycles. The van der Waals surface area contributed by atoms with Gasteiger partial charge in [-0.3, -0.25) is 9.59 Å². The van der Waals surface area contributed by atoms with Crippen LogP contribution in [0.15, 0.2) is 67.0 Å². The Balaban J connectivity index is 1.63. The van der Waals surface area contributed by atoms with Gasteiger partial charge in [0.05, 0.1) is 49.9 Å². The molecule has 0 saturated carbocycles. The van der Waals surface area contributed by atoms with Crippen LogP contribution in [0.25, 0.3) is 5.69 Å². The van der Waals surface area contributed by atoms with Crippen LogP contribution >= 0.6 is 0 Å². The van der Waals surface area contributed by atoms with Crippen molar-refractivity contribution in [3.63, 3.8) is 0 Å². The van der Waals surface area contributed by atoms with Gasteiger partial charge in [0.2, 0.25) is 11.6 Å². The summed E-state index contributed by atoms with van der Waals surface area (Å²) in [7, 11) is 3.05. The highest BCUT2D eigenvalue weighted by atomic mass is 16.5. The van der Waals surface area contributed by atoms with Crippen LogP contribution in [0, 0.1) is 0 Å². The van der Waals surface area contributed by atoms with Gasteiger partial charge >= 0.3 is 0 Å². The number of nitrogens with one attached hydrogen (secondary N) is 1. The van der Waals surface area contributed by atoms with E-state index < -0.39 is 0 Å². The molecule has 2 aromatic heterocycles. The maximum absolute atomic E-state index is 13.7. The largest absolute Gasteiger partial charge is 0.496 e. The number of ketones is 2. The van der Waals surface area contributed by atoms with E-state index in [1.54, 1.807) is 71.6 Å². The number of aromatic nitrogens is 2. The summed E-state index contributed by atoms with van der Waals surface area (Å²) in [4.78, 5) is 30.4. The molecule has 2 aromatic carbocycles. The number of hydrogen-bond acceptors (Lipinski definition) is 6. The summed E-state index contributed by atoms with van der Waals surface area (Å²) in [5, 5.41) is 0. The lowest BCUT2D eigenvalue weighted by Crippen LogP contribution is -2.13. The predicted octanol–water partition coefficient (Wildman–Crippen LogP) is 6.64. The minimum Gasteiger partial charge on any atom is -0.496 e. The first kappa shape index (κ1) is 28.5. The number of methoxy groups -OCH3 is 2. The van der Waals surface area contributed by atoms with Crippen molar-refractivity contribution in [3.05, 3.63) is 89.5 Å². The van der Waals surface area contributed by atoms with Crippen LogP contribution in [0.3, 0.4) is 0 Å². The second kappa shape index (κ2) is 13.6. The Bertz CT molecular complexity index is 1340. The van der Waals surface area contributed by atoms with E-state index in [2.05, 4.69) is 18.8 Å². The second-order valence-corrected chi connectivity index (χ2v) is 9.29. The van der Waals surface area contributed by atoms with Crippen LogP contribution in [-0.4, -0.2) is 48.6 Å². The predicted molar refractivity (Wildman–Crippen MR) is 154 cm³/mol. The quantitative estimate of drug-likeness (QED) is 0.133. The van der Waals surface area contributed by atoms with E-state index in [-0.39, 0.29) is 11.6 Å². The molecule has 4 aromatic rings. The fraction of sp³-hybridized carbons (Fsp3) is 0.312. The Kier molecular flexibility index (Phi) is 9.67. The smallest absolute Gasteiger partial charge is 0.215 e. The topological polar surface area (TPSA) is 91.8 Å². The average Bonchev–Trinajstić information content (AvgIpc) is 3.66. The van der Waals surface area contributed by atoms with Gasteiger partial charge in [0, 0.05) is 24.5 Å². The first-order valence-electron chi connectivity index (χ1n) is 13.6. The van der Waals surface area contributed by atoms with Crippen LogP contribution in [0.5, 0.6) is 23.0 Å². The number of benzene rings is 2. The van der Waals surface area contributed by atoms with Crippen molar-refractivity contribution < 1.29 is 28.5 Å². The molecule has 0 fully saturated rings. The molecule has 4 rings (SSSR count). The minimum atomic E-state index is -0.268. The third-order valence-electron chi connectivity index (χ3n) is 6.56. The zero-order chi connectivity index (χ0) is 28.5. The van der Waals surface area contributed by atoms with Gasteiger partial charge in [-0.15, -0.1) is 0 Å². The maximum Gasteiger partial charge on any atom is 0.215 e. The molecule has 0 atom stereocenters. The van der Waals surface area contributed by atoms with Gasteiger partial charge < -0.3 is 28.5 Å². The first-order chi connectivity index (χ1) is 19.5. The van der Waals surface area contributed by atoms with Gasteiger partial charge in [0.15, 0.2) is 0 Å². The van der Waals surface area contributed by atoms with E-state index in [0.29, 0.717) is 64.4 Å². The lowest BCUT2D eigenvalue weighted by atomic mass is 10.0. The summed E-state index contributed by atoms with van der Waals surface area (Å²) >= 11 is 0. The van der Waals surface area contributed by atoms with E-state index in [1.165, 1.54) is 14.2 Å². The maximum atomic E-state index is 13.7. The molecular weight excluding hydrogens is 508 g/mol. The first-order valence-corrected chi connectivity index (χ1v) is 13.6. The number of rotatable bonds is 15. The summed E-state index contributed by atoms with van der Waals surface area (Å²) in [5.41, 5.74) is 2.04. The Morgan fingerprint density at radius 1 is 0.775 bits per heavy atom. The van der Waals surface area contributed by atoms with Gasteiger partial charge in [-0.2, -0.15) is 0 Å². The van der Waals surface area contributed by atoms with Crippen LogP contribution in [-0.2, 0) is 0 Å². The Morgan fingerprint density at radius 3 is 1.90 bits per heavy atom. The highest BCUT2D eigenvalue weighted by Gasteiger charge is 2.24. The fourth-order valence-electron chi connectivity index (χ4n) is 4.36. The SMILES string of the molecule is CCCCOc1ccc(C(=O)c2[nH]ccc2-n2cccc2C(=O)c2ccc(OCCCC)cc2OC)c(OC)c1. The molecule has 0 aliphatic carbocycles. The molecule has 0 aliphatic rings. The van der Waals surface area contributed by atoms with Crippen molar-refractivity contribution in [2.45, 2.75) is 39.5 Å². The van der Waals surface area contributed by atoms with Gasteiger partial charge in [-0.25, -0.2) is 0 Å². The van der Waals surface area contributed by atoms with E-state index >= 15 is 0 Å². The number of H-pyrrole nitrogens is 1. The molecule has 0 amide bonds. The number of unbranched alkanes of at least 4 members (excludes halogenated alkanes) is 2. The van der Waals surface area contributed by atoms with E-state index in [9.17, 15) is 9.59 Å². The van der Waals surface area contributed by atoms with Gasteiger partial charge in [0.25, 0.3) is 0 Å². The third-order valence-corrected chi connectivity index (χ3v) is 6.56. The Morgan fingerprint density at radius 2 is 1.35 bits per heavy atom. The average molecular weight is 545 g/mol. The number of hydrogen-bond donors (Lipinski definition) is 1. The zero-order valence-electron chi connectivity index (χ0n) is 23.5. The molecule has 0 unspecified atom stereocenters. The van der Waals surface area contributed by atoms with E-state index in [4.69, 9.17) is 18.9 Å². The molecule has 40 heavy (non-hydrogen) atoms. The standard InChI is InChI=1S/C32H36N2O6/c1-5-7-18-39-22-11-13-24(28(20-22)37-3)31(35)27-10-9-17-34(27)26-15-16-33-30(26)32(36)25-14-12-23(21-29(25)38-4)40-19-8-6-2/h9-17,20-21,33H,5-8,18-19H2,1-4H3. The molecule has 0 saturated heterocycles. The summed E-state index contributed by atoms with van der Waals surface area (Å²) in [6, 6.07) is 15.6.